The number of imidazole rings is 1. The second-order valence-corrected chi connectivity index (χ2v) is 6.02. The van der Waals surface area contributed by atoms with E-state index in [4.69, 9.17) is 5.73 Å². The summed E-state index contributed by atoms with van der Waals surface area (Å²) in [5.74, 6) is 0.798. The molecule has 21 heavy (non-hydrogen) atoms. The first-order valence-corrected chi connectivity index (χ1v) is 7.34. The standard InChI is InChI=1S/C14H16BrN5O/c1-19-4-3-17-12(19)7-20(2)11-6-10-8(5-9(11)15)13(16)14(21)18-10/h3-6,13H,7,16H2,1-2H3,(H,18,21). The number of amides is 1. The van der Waals surface area contributed by atoms with Crippen LogP contribution in [0.15, 0.2) is 29.0 Å². The van der Waals surface area contributed by atoms with Gasteiger partial charge < -0.3 is 20.5 Å². The molecule has 110 valence electrons. The van der Waals surface area contributed by atoms with E-state index in [9.17, 15) is 4.79 Å². The predicted octanol–water partition coefficient (Wildman–Crippen LogP) is 1.77. The van der Waals surface area contributed by atoms with E-state index in [2.05, 4.69) is 31.1 Å². The van der Waals surface area contributed by atoms with E-state index >= 15 is 0 Å². The van der Waals surface area contributed by atoms with Crippen LogP contribution in [0.5, 0.6) is 0 Å². The molecule has 0 bridgehead atoms. The van der Waals surface area contributed by atoms with Crippen LogP contribution in [0.4, 0.5) is 11.4 Å². The summed E-state index contributed by atoms with van der Waals surface area (Å²) in [6.45, 7) is 0.668. The molecule has 0 radical (unpaired) electrons. The fourth-order valence-corrected chi connectivity index (χ4v) is 3.10. The number of anilines is 2. The Morgan fingerprint density at radius 3 is 2.95 bits per heavy atom. The van der Waals surface area contributed by atoms with Crippen LogP contribution in [-0.4, -0.2) is 22.5 Å². The Morgan fingerprint density at radius 1 is 1.52 bits per heavy atom. The van der Waals surface area contributed by atoms with Crippen LogP contribution in [0, 0.1) is 0 Å². The Bertz CT molecular complexity index is 711. The van der Waals surface area contributed by atoms with Gasteiger partial charge in [-0.1, -0.05) is 0 Å². The zero-order valence-electron chi connectivity index (χ0n) is 11.8. The number of carbonyl (C=O) groups is 1. The third-order valence-electron chi connectivity index (χ3n) is 3.71. The Kier molecular flexibility index (Phi) is 3.46. The van der Waals surface area contributed by atoms with Crippen molar-refractivity contribution < 1.29 is 4.79 Å². The minimum Gasteiger partial charge on any atom is -0.366 e. The Hall–Kier alpha value is -1.86. The molecule has 1 aliphatic rings. The molecule has 3 rings (SSSR count). The van der Waals surface area contributed by atoms with Gasteiger partial charge in [0.2, 0.25) is 5.91 Å². The summed E-state index contributed by atoms with van der Waals surface area (Å²) in [4.78, 5) is 18.0. The monoisotopic (exact) mass is 349 g/mol. The number of halogens is 1. The summed E-state index contributed by atoms with van der Waals surface area (Å²) in [6.07, 6.45) is 3.69. The van der Waals surface area contributed by atoms with Crippen molar-refractivity contribution in [2.24, 2.45) is 12.8 Å². The van der Waals surface area contributed by atoms with Crippen molar-refractivity contribution in [2.75, 3.05) is 17.3 Å². The van der Waals surface area contributed by atoms with Crippen molar-refractivity contribution in [1.82, 2.24) is 9.55 Å². The van der Waals surface area contributed by atoms with Crippen molar-refractivity contribution in [3.05, 3.63) is 40.4 Å². The fourth-order valence-electron chi connectivity index (χ4n) is 2.43. The van der Waals surface area contributed by atoms with Gasteiger partial charge in [-0.3, -0.25) is 4.79 Å². The number of rotatable bonds is 3. The second-order valence-electron chi connectivity index (χ2n) is 5.17. The average Bonchev–Trinajstić information content (AvgIpc) is 2.95. The van der Waals surface area contributed by atoms with Crippen LogP contribution >= 0.6 is 15.9 Å². The molecule has 0 aliphatic carbocycles. The fraction of sp³-hybridized carbons (Fsp3) is 0.286. The molecule has 1 atom stereocenters. The van der Waals surface area contributed by atoms with Crippen LogP contribution in [-0.2, 0) is 18.4 Å². The Balaban J connectivity index is 1.91. The molecule has 1 aromatic carbocycles. The third kappa shape index (κ3) is 2.43. The van der Waals surface area contributed by atoms with E-state index < -0.39 is 6.04 Å². The molecule has 0 spiro atoms. The van der Waals surface area contributed by atoms with E-state index in [-0.39, 0.29) is 5.91 Å². The summed E-state index contributed by atoms with van der Waals surface area (Å²) in [7, 11) is 3.95. The lowest BCUT2D eigenvalue weighted by Crippen LogP contribution is -2.19. The number of fused-ring (bicyclic) bond motifs is 1. The number of aryl methyl sites for hydroxylation is 1. The van der Waals surface area contributed by atoms with Gasteiger partial charge in [-0.2, -0.15) is 0 Å². The highest BCUT2D eigenvalue weighted by Crippen LogP contribution is 2.38. The van der Waals surface area contributed by atoms with Gasteiger partial charge in [0.05, 0.1) is 12.2 Å². The van der Waals surface area contributed by atoms with Gasteiger partial charge >= 0.3 is 0 Å². The maximum Gasteiger partial charge on any atom is 0.245 e. The normalized spacial score (nSPS) is 16.8. The van der Waals surface area contributed by atoms with Crippen molar-refractivity contribution in [2.45, 2.75) is 12.6 Å². The number of nitrogens with one attached hydrogen (secondary N) is 1. The molecule has 2 aromatic rings. The number of carbonyl (C=O) groups excluding carboxylic acids is 1. The Morgan fingerprint density at radius 2 is 2.29 bits per heavy atom. The molecular weight excluding hydrogens is 334 g/mol. The van der Waals surface area contributed by atoms with Crippen LogP contribution < -0.4 is 16.0 Å². The molecule has 6 nitrogen and oxygen atoms in total. The van der Waals surface area contributed by atoms with E-state index in [0.717, 1.165) is 27.2 Å². The van der Waals surface area contributed by atoms with E-state index in [1.807, 2.05) is 37.0 Å². The van der Waals surface area contributed by atoms with Crippen molar-refractivity contribution in [3.63, 3.8) is 0 Å². The number of nitrogens with two attached hydrogens (primary N) is 1. The highest BCUT2D eigenvalue weighted by molar-refractivity contribution is 9.10. The molecule has 3 N–H and O–H groups in total. The van der Waals surface area contributed by atoms with E-state index in [1.54, 1.807) is 6.20 Å². The van der Waals surface area contributed by atoms with Gasteiger partial charge in [-0.05, 0) is 28.1 Å². The number of nitrogens with zero attached hydrogens (tertiary/aromatic N) is 3. The van der Waals surface area contributed by atoms with Gasteiger partial charge in [0.15, 0.2) is 0 Å². The van der Waals surface area contributed by atoms with Gasteiger partial charge in [-0.15, -0.1) is 0 Å². The molecule has 0 saturated carbocycles. The van der Waals surface area contributed by atoms with Crippen molar-refractivity contribution in [1.29, 1.82) is 0 Å². The molecular formula is C14H16BrN5O. The van der Waals surface area contributed by atoms with Crippen LogP contribution in [0.25, 0.3) is 0 Å². The maximum atomic E-state index is 11.6. The zero-order valence-corrected chi connectivity index (χ0v) is 13.4. The number of aromatic nitrogens is 2. The minimum atomic E-state index is -0.592. The molecule has 1 aliphatic heterocycles. The zero-order chi connectivity index (χ0) is 15.1. The number of hydrogen-bond acceptors (Lipinski definition) is 4. The van der Waals surface area contributed by atoms with Gasteiger partial charge in [0, 0.05) is 42.2 Å². The summed E-state index contributed by atoms with van der Waals surface area (Å²) in [6, 6.07) is 3.25. The molecule has 0 fully saturated rings. The summed E-state index contributed by atoms with van der Waals surface area (Å²) in [5, 5.41) is 2.81. The Labute approximate surface area is 131 Å². The van der Waals surface area contributed by atoms with Crippen LogP contribution in [0.3, 0.4) is 0 Å². The van der Waals surface area contributed by atoms with Gasteiger partial charge in [0.25, 0.3) is 0 Å². The number of benzene rings is 1. The molecule has 1 amide bonds. The first kappa shape index (κ1) is 14.1. The van der Waals surface area contributed by atoms with Crippen molar-refractivity contribution >= 4 is 33.2 Å². The lowest BCUT2D eigenvalue weighted by atomic mass is 10.1. The highest BCUT2D eigenvalue weighted by Gasteiger charge is 2.28. The average molecular weight is 350 g/mol. The lowest BCUT2D eigenvalue weighted by molar-refractivity contribution is -0.116. The topological polar surface area (TPSA) is 76.2 Å². The van der Waals surface area contributed by atoms with E-state index in [1.165, 1.54) is 0 Å². The van der Waals surface area contributed by atoms with Gasteiger partial charge in [0.1, 0.15) is 11.9 Å². The maximum absolute atomic E-state index is 11.6. The highest BCUT2D eigenvalue weighted by atomic mass is 79.9. The van der Waals surface area contributed by atoms with E-state index in [0.29, 0.717) is 6.54 Å². The predicted molar refractivity (Wildman–Crippen MR) is 85.0 cm³/mol. The summed E-state index contributed by atoms with van der Waals surface area (Å²) in [5.41, 5.74) is 8.43. The van der Waals surface area contributed by atoms with Gasteiger partial charge in [-0.25, -0.2) is 4.98 Å². The van der Waals surface area contributed by atoms with Crippen molar-refractivity contribution in [3.8, 4) is 0 Å². The molecule has 0 saturated heterocycles. The molecule has 7 heteroatoms. The summed E-state index contributed by atoms with van der Waals surface area (Å²) >= 11 is 3.56. The van der Waals surface area contributed by atoms with Crippen LogP contribution in [0.1, 0.15) is 17.4 Å². The molecule has 2 heterocycles. The first-order chi connectivity index (χ1) is 9.97. The second kappa shape index (κ2) is 5.16. The largest absolute Gasteiger partial charge is 0.366 e. The SMILES string of the molecule is CN(Cc1nccn1C)c1cc2c(cc1Br)C(N)C(=O)N2. The lowest BCUT2D eigenvalue weighted by Gasteiger charge is -2.21. The smallest absolute Gasteiger partial charge is 0.245 e. The third-order valence-corrected chi connectivity index (χ3v) is 4.34. The quantitative estimate of drug-likeness (QED) is 0.885. The molecule has 1 unspecified atom stereocenters. The number of hydrogen-bond donors (Lipinski definition) is 2. The molecule has 1 aromatic heterocycles. The minimum absolute atomic E-state index is 0.166. The summed E-state index contributed by atoms with van der Waals surface area (Å²) < 4.78 is 2.89. The first-order valence-electron chi connectivity index (χ1n) is 6.54. The van der Waals surface area contributed by atoms with Crippen LogP contribution in [0.2, 0.25) is 0 Å².